The summed E-state index contributed by atoms with van der Waals surface area (Å²) in [6.45, 7) is 0. The Balaban J connectivity index is 2.76. The number of aliphatic hydroxyl groups is 1. The number of halogens is 7. The number of hydrogen-bond donors (Lipinski definition) is 1. The van der Waals surface area contributed by atoms with Gasteiger partial charge < -0.3 is 5.11 Å². The lowest BCUT2D eigenvalue weighted by molar-refractivity contribution is -0.369. The maximum Gasteiger partial charge on any atom is 0.427 e. The molecule has 1 atom stereocenters. The minimum Gasteiger partial charge on any atom is -0.372 e. The Kier molecular flexibility index (Phi) is 5.08. The van der Waals surface area contributed by atoms with Gasteiger partial charge in [0.1, 0.15) is 0 Å². The van der Waals surface area contributed by atoms with E-state index in [1.165, 1.54) is 6.07 Å². The summed E-state index contributed by atoms with van der Waals surface area (Å²) in [4.78, 5) is -1.33. The summed E-state index contributed by atoms with van der Waals surface area (Å²) in [5, 5.41) is 3.48. The van der Waals surface area contributed by atoms with Crippen LogP contribution in [-0.4, -0.2) is 30.9 Å². The molecule has 0 radical (unpaired) electrons. The van der Waals surface area contributed by atoms with Gasteiger partial charge in [-0.05, 0) is 17.7 Å². The van der Waals surface area contributed by atoms with E-state index in [2.05, 4.69) is 0 Å². The van der Waals surface area contributed by atoms with E-state index < -0.39 is 43.3 Å². The molecule has 0 heterocycles. The molecule has 0 fully saturated rings. The van der Waals surface area contributed by atoms with Gasteiger partial charge in [-0.2, -0.15) is 30.7 Å². The Morgan fingerprint density at radius 2 is 1.11 bits per heavy atom. The molecule has 0 aliphatic carbocycles. The van der Waals surface area contributed by atoms with Crippen molar-refractivity contribution < 1.29 is 44.3 Å². The molecule has 0 saturated heterocycles. The van der Waals surface area contributed by atoms with Crippen molar-refractivity contribution in [2.45, 2.75) is 27.8 Å². The summed E-state index contributed by atoms with van der Waals surface area (Å²) >= 11 is 0. The first kappa shape index (κ1) is 21.2. The Hall–Kier alpha value is -2.14. The Labute approximate surface area is 149 Å². The van der Waals surface area contributed by atoms with Gasteiger partial charge >= 0.3 is 17.4 Å². The van der Waals surface area contributed by atoms with Gasteiger partial charge in [0.25, 0.3) is 5.60 Å². The maximum atomic E-state index is 14.5. The van der Waals surface area contributed by atoms with Gasteiger partial charge in [-0.3, -0.25) is 0 Å². The van der Waals surface area contributed by atoms with Gasteiger partial charge in [0.2, 0.25) is 9.84 Å². The average Bonchev–Trinajstić information content (AvgIpc) is 2.61. The number of benzene rings is 2. The van der Waals surface area contributed by atoms with E-state index in [1.807, 2.05) is 0 Å². The molecular weight excluding hydrogens is 405 g/mol. The highest BCUT2D eigenvalue weighted by Crippen LogP contribution is 2.57. The van der Waals surface area contributed by atoms with E-state index >= 15 is 0 Å². The van der Waals surface area contributed by atoms with Gasteiger partial charge in [-0.25, -0.2) is 8.42 Å². The number of hydrogen-bond acceptors (Lipinski definition) is 3. The highest BCUT2D eigenvalue weighted by Gasteiger charge is 2.82. The summed E-state index contributed by atoms with van der Waals surface area (Å²) in [6.07, 6.45) is -6.33. The van der Waals surface area contributed by atoms with Gasteiger partial charge in [-0.15, -0.1) is 0 Å². The van der Waals surface area contributed by atoms with Crippen molar-refractivity contribution in [2.24, 2.45) is 0 Å². The fourth-order valence-electron chi connectivity index (χ4n) is 2.33. The third kappa shape index (κ3) is 2.98. The molecule has 148 valence electrons. The maximum absolute atomic E-state index is 14.5. The minimum absolute atomic E-state index is 0.340. The first-order valence-corrected chi connectivity index (χ1v) is 8.59. The van der Waals surface area contributed by atoms with Crippen molar-refractivity contribution in [3.63, 3.8) is 0 Å². The lowest BCUT2D eigenvalue weighted by Crippen LogP contribution is -2.65. The molecular formula is C16H11F7O3S. The van der Waals surface area contributed by atoms with Crippen LogP contribution in [0.1, 0.15) is 5.56 Å². The van der Waals surface area contributed by atoms with E-state index in [1.54, 1.807) is 0 Å². The zero-order valence-electron chi connectivity index (χ0n) is 13.1. The summed E-state index contributed by atoms with van der Waals surface area (Å²) in [7, 11) is -6.29. The molecule has 0 aliphatic rings. The second-order valence-electron chi connectivity index (χ2n) is 5.48. The highest BCUT2D eigenvalue weighted by molar-refractivity contribution is 7.92. The van der Waals surface area contributed by atoms with E-state index in [9.17, 15) is 44.3 Å². The molecule has 1 unspecified atom stereocenters. The van der Waals surface area contributed by atoms with Crippen LogP contribution in [0.25, 0.3) is 0 Å². The van der Waals surface area contributed by atoms with Crippen LogP contribution in [0.4, 0.5) is 30.7 Å². The van der Waals surface area contributed by atoms with Gasteiger partial charge in [0.05, 0.1) is 4.90 Å². The summed E-state index contributed by atoms with van der Waals surface area (Å²) in [6, 6.07) is 7.45. The SMILES string of the molecule is O=S(=O)(c1ccccc1)C(F)(F)C(F)(F)C(O)(c1ccccc1)C(F)(F)F. The lowest BCUT2D eigenvalue weighted by atomic mass is 9.86. The largest absolute Gasteiger partial charge is 0.427 e. The molecule has 11 heteroatoms. The first-order chi connectivity index (χ1) is 12.2. The molecule has 2 aromatic carbocycles. The second-order valence-corrected chi connectivity index (χ2v) is 7.47. The summed E-state index contributed by atoms with van der Waals surface area (Å²) < 4.78 is 122. The fraction of sp³-hybridized carbons (Fsp3) is 0.250. The molecule has 3 nitrogen and oxygen atoms in total. The molecule has 0 aromatic heterocycles. The smallest absolute Gasteiger partial charge is 0.372 e. The quantitative estimate of drug-likeness (QED) is 0.746. The molecule has 0 aliphatic heterocycles. The Morgan fingerprint density at radius 3 is 1.52 bits per heavy atom. The predicted octanol–water partition coefficient (Wildman–Crippen LogP) is 4.14. The zero-order chi connectivity index (χ0) is 20.7. The normalized spacial score (nSPS) is 16.0. The standard InChI is InChI=1S/C16H11F7O3S/c17-14(18,13(24,15(19,20)21)11-7-3-1-4-8-11)16(22,23)27(25,26)12-9-5-2-6-10-12/h1-10,24H. The third-order valence-corrected chi connectivity index (χ3v) is 5.64. The number of rotatable bonds is 5. The lowest BCUT2D eigenvalue weighted by Gasteiger charge is -2.40. The van der Waals surface area contributed by atoms with Crippen molar-refractivity contribution in [1.82, 2.24) is 0 Å². The van der Waals surface area contributed by atoms with Crippen LogP contribution in [0.5, 0.6) is 0 Å². The molecule has 2 aromatic rings. The molecule has 0 bridgehead atoms. The minimum atomic E-state index is -6.46. The predicted molar refractivity (Wildman–Crippen MR) is 79.9 cm³/mol. The molecule has 2 rings (SSSR count). The number of alkyl halides is 7. The Morgan fingerprint density at radius 1 is 0.704 bits per heavy atom. The topological polar surface area (TPSA) is 54.4 Å². The first-order valence-electron chi connectivity index (χ1n) is 7.11. The second kappa shape index (κ2) is 6.48. The van der Waals surface area contributed by atoms with Crippen LogP contribution in [0.15, 0.2) is 65.6 Å². The monoisotopic (exact) mass is 416 g/mol. The van der Waals surface area contributed by atoms with Crippen LogP contribution in [0.2, 0.25) is 0 Å². The molecule has 1 N–H and O–H groups in total. The molecule has 0 saturated carbocycles. The van der Waals surface area contributed by atoms with Crippen LogP contribution in [0.3, 0.4) is 0 Å². The molecule has 0 amide bonds. The fourth-order valence-corrected chi connectivity index (χ4v) is 3.63. The van der Waals surface area contributed by atoms with Crippen LogP contribution in [0, 0.1) is 0 Å². The highest BCUT2D eigenvalue weighted by atomic mass is 32.2. The zero-order valence-corrected chi connectivity index (χ0v) is 13.9. The molecule has 0 spiro atoms. The summed E-state index contributed by atoms with van der Waals surface area (Å²) in [5.41, 5.74) is -7.10. The summed E-state index contributed by atoms with van der Waals surface area (Å²) in [5.74, 6) is -6.46. The van der Waals surface area contributed by atoms with Crippen LogP contribution in [-0.2, 0) is 15.4 Å². The van der Waals surface area contributed by atoms with E-state index in [-0.39, 0.29) is 0 Å². The van der Waals surface area contributed by atoms with Crippen molar-refractivity contribution in [3.05, 3.63) is 66.2 Å². The van der Waals surface area contributed by atoms with Gasteiger partial charge in [0, 0.05) is 0 Å². The van der Waals surface area contributed by atoms with E-state index in [0.717, 1.165) is 30.3 Å². The van der Waals surface area contributed by atoms with Gasteiger partial charge in [0.15, 0.2) is 0 Å². The van der Waals surface area contributed by atoms with Gasteiger partial charge in [-0.1, -0.05) is 48.5 Å². The average molecular weight is 416 g/mol. The van der Waals surface area contributed by atoms with E-state index in [0.29, 0.717) is 24.3 Å². The van der Waals surface area contributed by atoms with Crippen LogP contribution >= 0.6 is 0 Å². The Bertz CT molecular complexity index is 897. The number of sulfone groups is 1. The van der Waals surface area contributed by atoms with Crippen molar-refractivity contribution >= 4 is 9.84 Å². The van der Waals surface area contributed by atoms with Crippen molar-refractivity contribution in [1.29, 1.82) is 0 Å². The van der Waals surface area contributed by atoms with Crippen LogP contribution < -0.4 is 0 Å². The van der Waals surface area contributed by atoms with Crippen molar-refractivity contribution in [3.8, 4) is 0 Å². The van der Waals surface area contributed by atoms with Crippen molar-refractivity contribution in [2.75, 3.05) is 0 Å². The molecule has 27 heavy (non-hydrogen) atoms. The third-order valence-electron chi connectivity index (χ3n) is 3.81. The van der Waals surface area contributed by atoms with E-state index in [4.69, 9.17) is 0 Å².